The molecule has 0 N–H and O–H groups in total. The maximum Gasteiger partial charge on any atom is 0.391 e. The number of rotatable bonds is 2. The Morgan fingerprint density at radius 1 is 1.21 bits per heavy atom. The smallest absolute Gasteiger partial charge is 0.299 e. The monoisotopic (exact) mass is 339 g/mol. The minimum Gasteiger partial charge on any atom is -0.299 e. The Kier molecular flexibility index (Phi) is 4.50. The summed E-state index contributed by atoms with van der Waals surface area (Å²) in [7, 11) is 0. The average Bonchev–Trinajstić information content (AvgIpc) is 2.33. The molecule has 6 heteroatoms. The minimum atomic E-state index is -4.08. The van der Waals surface area contributed by atoms with Crippen molar-refractivity contribution in [3.63, 3.8) is 0 Å². The molecule has 0 aliphatic carbocycles. The Bertz CT molecular complexity index is 439. The first-order chi connectivity index (χ1) is 8.86. The SMILES string of the molecule is Fc1ccc(CN2CCC(C(F)(F)F)CC2)cc1Br. The lowest BCUT2D eigenvalue weighted by atomic mass is 9.96. The predicted octanol–water partition coefficient (Wildman–Crippen LogP) is 4.36. The van der Waals surface area contributed by atoms with Gasteiger partial charge in [-0.25, -0.2) is 4.39 Å². The van der Waals surface area contributed by atoms with Crippen LogP contribution in [0.1, 0.15) is 18.4 Å². The van der Waals surface area contributed by atoms with Crippen molar-refractivity contribution in [2.75, 3.05) is 13.1 Å². The molecule has 0 unspecified atom stereocenters. The highest BCUT2D eigenvalue weighted by molar-refractivity contribution is 9.10. The van der Waals surface area contributed by atoms with Crippen LogP contribution in [-0.4, -0.2) is 24.2 Å². The number of benzene rings is 1. The third kappa shape index (κ3) is 3.92. The summed E-state index contributed by atoms with van der Waals surface area (Å²) in [5.41, 5.74) is 0.902. The van der Waals surface area contributed by atoms with E-state index in [0.29, 0.717) is 24.1 Å². The van der Waals surface area contributed by atoms with Crippen molar-refractivity contribution in [3.05, 3.63) is 34.1 Å². The lowest BCUT2D eigenvalue weighted by Gasteiger charge is -2.32. The van der Waals surface area contributed by atoms with Crippen molar-refractivity contribution in [1.29, 1.82) is 0 Å². The van der Waals surface area contributed by atoms with E-state index in [2.05, 4.69) is 15.9 Å². The molecule has 1 aliphatic heterocycles. The Morgan fingerprint density at radius 3 is 2.37 bits per heavy atom. The second kappa shape index (κ2) is 5.79. The molecule has 1 aromatic carbocycles. The number of hydrogen-bond donors (Lipinski definition) is 0. The molecule has 1 saturated heterocycles. The van der Waals surface area contributed by atoms with Gasteiger partial charge >= 0.3 is 6.18 Å². The number of likely N-dealkylation sites (tertiary alicyclic amines) is 1. The van der Waals surface area contributed by atoms with E-state index in [-0.39, 0.29) is 18.7 Å². The van der Waals surface area contributed by atoms with E-state index in [1.807, 2.05) is 4.90 Å². The first kappa shape index (κ1) is 14.8. The Labute approximate surface area is 117 Å². The summed E-state index contributed by atoms with van der Waals surface area (Å²) >= 11 is 3.10. The molecular formula is C13H14BrF4N. The summed E-state index contributed by atoms with van der Waals surface area (Å²) in [5.74, 6) is -1.51. The van der Waals surface area contributed by atoms with Gasteiger partial charge in [-0.15, -0.1) is 0 Å². The molecule has 0 bridgehead atoms. The van der Waals surface area contributed by atoms with Crippen molar-refractivity contribution >= 4 is 15.9 Å². The Hall–Kier alpha value is -0.620. The van der Waals surface area contributed by atoms with Crippen LogP contribution in [0.4, 0.5) is 17.6 Å². The van der Waals surface area contributed by atoms with Crippen molar-refractivity contribution in [3.8, 4) is 0 Å². The molecule has 1 aromatic rings. The third-order valence-electron chi connectivity index (χ3n) is 3.44. The molecule has 0 spiro atoms. The van der Waals surface area contributed by atoms with E-state index in [9.17, 15) is 17.6 Å². The van der Waals surface area contributed by atoms with Crippen LogP contribution in [-0.2, 0) is 6.54 Å². The summed E-state index contributed by atoms with van der Waals surface area (Å²) in [6, 6.07) is 4.70. The quantitative estimate of drug-likeness (QED) is 0.723. The summed E-state index contributed by atoms with van der Waals surface area (Å²) in [5, 5.41) is 0. The summed E-state index contributed by atoms with van der Waals surface area (Å²) in [4.78, 5) is 1.97. The molecule has 0 aromatic heterocycles. The topological polar surface area (TPSA) is 3.24 Å². The fraction of sp³-hybridized carbons (Fsp3) is 0.538. The molecule has 0 atom stereocenters. The molecule has 0 saturated carbocycles. The van der Waals surface area contributed by atoms with Gasteiger partial charge in [0.05, 0.1) is 10.4 Å². The van der Waals surface area contributed by atoms with Crippen LogP contribution in [0.15, 0.2) is 22.7 Å². The van der Waals surface area contributed by atoms with Crippen LogP contribution in [0.2, 0.25) is 0 Å². The van der Waals surface area contributed by atoms with E-state index in [4.69, 9.17) is 0 Å². The van der Waals surface area contributed by atoms with Crippen LogP contribution in [0.3, 0.4) is 0 Å². The van der Waals surface area contributed by atoms with Gasteiger partial charge in [-0.05, 0) is 59.6 Å². The number of hydrogen-bond acceptors (Lipinski definition) is 1. The Morgan fingerprint density at radius 2 is 1.84 bits per heavy atom. The van der Waals surface area contributed by atoms with Crippen LogP contribution in [0, 0.1) is 11.7 Å². The number of piperidine rings is 1. The highest BCUT2D eigenvalue weighted by Gasteiger charge is 2.40. The maximum absolute atomic E-state index is 13.1. The van der Waals surface area contributed by atoms with Gasteiger partial charge in [0.15, 0.2) is 0 Å². The molecule has 0 radical (unpaired) electrons. The van der Waals surface area contributed by atoms with Gasteiger partial charge < -0.3 is 0 Å². The zero-order valence-corrected chi connectivity index (χ0v) is 11.8. The van der Waals surface area contributed by atoms with Crippen molar-refractivity contribution in [1.82, 2.24) is 4.90 Å². The molecule has 2 rings (SSSR count). The molecule has 19 heavy (non-hydrogen) atoms. The zero-order valence-electron chi connectivity index (χ0n) is 10.2. The highest BCUT2D eigenvalue weighted by Crippen LogP contribution is 2.34. The van der Waals surface area contributed by atoms with Crippen molar-refractivity contribution < 1.29 is 17.6 Å². The first-order valence-corrected chi connectivity index (χ1v) is 6.88. The first-order valence-electron chi connectivity index (χ1n) is 6.09. The van der Waals surface area contributed by atoms with Crippen LogP contribution in [0.25, 0.3) is 0 Å². The standard InChI is InChI=1S/C13H14BrF4N/c14-11-7-9(1-2-12(11)15)8-19-5-3-10(4-6-19)13(16,17)18/h1-2,7,10H,3-6,8H2. The van der Waals surface area contributed by atoms with E-state index >= 15 is 0 Å². The highest BCUT2D eigenvalue weighted by atomic mass is 79.9. The molecule has 1 heterocycles. The van der Waals surface area contributed by atoms with Crippen molar-refractivity contribution in [2.24, 2.45) is 5.92 Å². The molecule has 1 fully saturated rings. The number of alkyl halides is 3. The molecule has 1 aliphatic rings. The van der Waals surface area contributed by atoms with Crippen molar-refractivity contribution in [2.45, 2.75) is 25.6 Å². The second-order valence-corrected chi connectivity index (χ2v) is 5.69. The van der Waals surface area contributed by atoms with Crippen LogP contribution >= 0.6 is 15.9 Å². The van der Waals surface area contributed by atoms with Gasteiger partial charge in [0.25, 0.3) is 0 Å². The van der Waals surface area contributed by atoms with E-state index < -0.39 is 12.1 Å². The minimum absolute atomic E-state index is 0.145. The van der Waals surface area contributed by atoms with E-state index in [1.165, 1.54) is 6.07 Å². The summed E-state index contributed by atoms with van der Waals surface area (Å²) in [6.07, 6.45) is -3.79. The fourth-order valence-electron chi connectivity index (χ4n) is 2.31. The average molecular weight is 340 g/mol. The van der Waals surface area contributed by atoms with Gasteiger partial charge in [-0.1, -0.05) is 6.07 Å². The zero-order chi connectivity index (χ0) is 14.0. The van der Waals surface area contributed by atoms with Crippen LogP contribution in [0.5, 0.6) is 0 Å². The second-order valence-electron chi connectivity index (χ2n) is 4.84. The summed E-state index contributed by atoms with van der Waals surface area (Å²) in [6.45, 7) is 1.42. The van der Waals surface area contributed by atoms with Gasteiger partial charge in [-0.3, -0.25) is 4.90 Å². The van der Waals surface area contributed by atoms with Gasteiger partial charge in [-0.2, -0.15) is 13.2 Å². The lowest BCUT2D eigenvalue weighted by molar-refractivity contribution is -0.185. The Balaban J connectivity index is 1.90. The largest absolute Gasteiger partial charge is 0.391 e. The number of nitrogens with zero attached hydrogens (tertiary/aromatic N) is 1. The molecular weight excluding hydrogens is 326 g/mol. The lowest BCUT2D eigenvalue weighted by Crippen LogP contribution is -2.38. The molecule has 0 amide bonds. The summed E-state index contributed by atoms with van der Waals surface area (Å²) < 4.78 is 51.0. The maximum atomic E-state index is 13.1. The van der Waals surface area contributed by atoms with E-state index in [0.717, 1.165) is 5.56 Å². The fourth-order valence-corrected chi connectivity index (χ4v) is 2.74. The van der Waals surface area contributed by atoms with Gasteiger partial charge in [0.2, 0.25) is 0 Å². The van der Waals surface area contributed by atoms with Gasteiger partial charge in [0.1, 0.15) is 5.82 Å². The third-order valence-corrected chi connectivity index (χ3v) is 4.05. The normalized spacial score (nSPS) is 18.8. The molecule has 106 valence electrons. The van der Waals surface area contributed by atoms with Crippen LogP contribution < -0.4 is 0 Å². The van der Waals surface area contributed by atoms with Gasteiger partial charge in [0, 0.05) is 6.54 Å². The number of halogens is 5. The molecule has 1 nitrogen and oxygen atoms in total. The van der Waals surface area contributed by atoms with E-state index in [1.54, 1.807) is 12.1 Å². The predicted molar refractivity (Wildman–Crippen MR) is 68.2 cm³/mol.